The Morgan fingerprint density at radius 2 is 2.00 bits per heavy atom. The number of likely N-dealkylation sites (tertiary alicyclic amines) is 1. The molecular formula is C21H29N5O4. The standard InChI is InChI=1S/C21H29N5O4/c1-25-21(23-19(24-25)20(28)29-2)22-18(27)10-7-13-30-17-9-6-8-16(14-17)15-26-11-4-3-5-12-26/h6,8-9,14H,3-5,7,10-13,15H2,1-2H3,(H,22,23,24,27). The van der Waals surface area contributed by atoms with Crippen molar-refractivity contribution in [2.75, 3.05) is 32.1 Å². The molecule has 1 aromatic carbocycles. The van der Waals surface area contributed by atoms with Crippen molar-refractivity contribution in [3.63, 3.8) is 0 Å². The lowest BCUT2D eigenvalue weighted by Crippen LogP contribution is -2.29. The van der Waals surface area contributed by atoms with Crippen LogP contribution in [-0.4, -0.2) is 58.3 Å². The van der Waals surface area contributed by atoms with Crippen molar-refractivity contribution in [1.82, 2.24) is 19.7 Å². The van der Waals surface area contributed by atoms with E-state index in [1.807, 2.05) is 12.1 Å². The first kappa shape index (κ1) is 21.8. The van der Waals surface area contributed by atoms with Crippen molar-refractivity contribution in [1.29, 1.82) is 0 Å². The molecule has 2 heterocycles. The van der Waals surface area contributed by atoms with E-state index in [1.54, 1.807) is 7.05 Å². The molecule has 0 aliphatic carbocycles. The zero-order chi connectivity index (χ0) is 21.3. The van der Waals surface area contributed by atoms with Crippen molar-refractivity contribution < 1.29 is 19.1 Å². The maximum Gasteiger partial charge on any atom is 0.378 e. The van der Waals surface area contributed by atoms with Gasteiger partial charge < -0.3 is 9.47 Å². The van der Waals surface area contributed by atoms with Crippen molar-refractivity contribution in [2.24, 2.45) is 7.05 Å². The highest BCUT2D eigenvalue weighted by molar-refractivity contribution is 5.90. The first-order valence-corrected chi connectivity index (χ1v) is 10.3. The Hall–Kier alpha value is -2.94. The molecule has 1 saturated heterocycles. The number of rotatable bonds is 9. The third-order valence-electron chi connectivity index (χ3n) is 4.95. The number of anilines is 1. The van der Waals surface area contributed by atoms with Gasteiger partial charge >= 0.3 is 5.97 Å². The summed E-state index contributed by atoms with van der Waals surface area (Å²) in [6.07, 6.45) is 4.71. The molecule has 1 aliphatic heterocycles. The molecule has 0 bridgehead atoms. The zero-order valence-electron chi connectivity index (χ0n) is 17.6. The van der Waals surface area contributed by atoms with Crippen LogP contribution in [-0.2, 0) is 23.1 Å². The highest BCUT2D eigenvalue weighted by Crippen LogP contribution is 2.18. The summed E-state index contributed by atoms with van der Waals surface area (Å²) in [5.41, 5.74) is 1.25. The maximum atomic E-state index is 12.1. The van der Waals surface area contributed by atoms with Gasteiger partial charge in [0.05, 0.1) is 13.7 Å². The van der Waals surface area contributed by atoms with Crippen molar-refractivity contribution in [2.45, 2.75) is 38.6 Å². The predicted octanol–water partition coefficient (Wildman–Crippen LogP) is 2.39. The van der Waals surface area contributed by atoms with E-state index in [2.05, 4.69) is 37.2 Å². The van der Waals surface area contributed by atoms with Gasteiger partial charge in [-0.3, -0.25) is 15.0 Å². The number of nitrogens with zero attached hydrogens (tertiary/aromatic N) is 4. The Bertz CT molecular complexity index is 861. The maximum absolute atomic E-state index is 12.1. The van der Waals surface area contributed by atoms with Crippen LogP contribution in [0.5, 0.6) is 5.75 Å². The lowest BCUT2D eigenvalue weighted by Gasteiger charge is -2.26. The Kier molecular flexibility index (Phi) is 7.78. The highest BCUT2D eigenvalue weighted by Gasteiger charge is 2.16. The van der Waals surface area contributed by atoms with Gasteiger partial charge in [-0.25, -0.2) is 9.48 Å². The second-order valence-electron chi connectivity index (χ2n) is 7.36. The number of benzene rings is 1. The van der Waals surface area contributed by atoms with E-state index in [4.69, 9.17) is 4.74 Å². The SMILES string of the molecule is COC(=O)c1nc(NC(=O)CCCOc2cccc(CN3CCCCC3)c2)n(C)n1. The molecule has 0 radical (unpaired) electrons. The molecule has 1 aliphatic rings. The number of amides is 1. The number of piperidine rings is 1. The number of ether oxygens (including phenoxy) is 2. The van der Waals surface area contributed by atoms with E-state index < -0.39 is 5.97 Å². The average molecular weight is 415 g/mol. The number of carbonyl (C=O) groups excluding carboxylic acids is 2. The summed E-state index contributed by atoms with van der Waals surface area (Å²) in [5, 5.41) is 6.55. The minimum atomic E-state index is -0.651. The van der Waals surface area contributed by atoms with Gasteiger partial charge in [0.15, 0.2) is 0 Å². The second-order valence-corrected chi connectivity index (χ2v) is 7.36. The molecule has 2 aromatic rings. The normalized spacial score (nSPS) is 14.3. The van der Waals surface area contributed by atoms with Gasteiger partial charge in [0.25, 0.3) is 5.82 Å². The molecule has 9 nitrogen and oxygen atoms in total. The molecule has 1 N–H and O–H groups in total. The monoisotopic (exact) mass is 415 g/mol. The summed E-state index contributed by atoms with van der Waals surface area (Å²) < 4.78 is 11.7. The lowest BCUT2D eigenvalue weighted by atomic mass is 10.1. The van der Waals surface area contributed by atoms with Crippen LogP contribution in [0.4, 0.5) is 5.95 Å². The van der Waals surface area contributed by atoms with E-state index >= 15 is 0 Å². The fraction of sp³-hybridized carbons (Fsp3) is 0.524. The van der Waals surface area contributed by atoms with Gasteiger partial charge in [-0.15, -0.1) is 5.10 Å². The van der Waals surface area contributed by atoms with Crippen LogP contribution in [0.25, 0.3) is 0 Å². The molecule has 0 unspecified atom stereocenters. The molecule has 1 amide bonds. The number of aromatic nitrogens is 3. The molecule has 0 spiro atoms. The summed E-state index contributed by atoms with van der Waals surface area (Å²) in [6, 6.07) is 8.14. The van der Waals surface area contributed by atoms with Gasteiger partial charge in [0.1, 0.15) is 5.75 Å². The highest BCUT2D eigenvalue weighted by atomic mass is 16.5. The minimum absolute atomic E-state index is 0.0944. The van der Waals surface area contributed by atoms with Crippen LogP contribution in [0.1, 0.15) is 48.3 Å². The summed E-state index contributed by atoms with van der Waals surface area (Å²) in [4.78, 5) is 30.0. The average Bonchev–Trinajstić information content (AvgIpc) is 3.12. The smallest absolute Gasteiger partial charge is 0.378 e. The van der Waals surface area contributed by atoms with Crippen LogP contribution in [0.2, 0.25) is 0 Å². The third kappa shape index (κ3) is 6.28. The number of carbonyl (C=O) groups is 2. The molecule has 9 heteroatoms. The number of nitrogens with one attached hydrogen (secondary N) is 1. The largest absolute Gasteiger partial charge is 0.494 e. The van der Waals surface area contributed by atoms with E-state index in [0.717, 1.165) is 25.4 Å². The topological polar surface area (TPSA) is 98.6 Å². The molecule has 3 rings (SSSR count). The molecular weight excluding hydrogens is 386 g/mol. The summed E-state index contributed by atoms with van der Waals surface area (Å²) >= 11 is 0. The Balaban J connectivity index is 1.40. The van der Waals surface area contributed by atoms with Gasteiger partial charge in [-0.05, 0) is 50.0 Å². The van der Waals surface area contributed by atoms with Crippen LogP contribution in [0.15, 0.2) is 24.3 Å². The quantitative estimate of drug-likeness (QED) is 0.496. The first-order chi connectivity index (χ1) is 14.5. The number of hydrogen-bond donors (Lipinski definition) is 1. The second kappa shape index (κ2) is 10.7. The van der Waals surface area contributed by atoms with Gasteiger partial charge in [0, 0.05) is 20.0 Å². The molecule has 162 valence electrons. The number of hydrogen-bond acceptors (Lipinski definition) is 7. The van der Waals surface area contributed by atoms with Crippen LogP contribution >= 0.6 is 0 Å². The van der Waals surface area contributed by atoms with E-state index in [0.29, 0.717) is 13.0 Å². The van der Waals surface area contributed by atoms with Crippen LogP contribution in [0.3, 0.4) is 0 Å². The fourth-order valence-electron chi connectivity index (χ4n) is 3.39. The van der Waals surface area contributed by atoms with Gasteiger partial charge in [-0.2, -0.15) is 4.98 Å². The molecule has 0 saturated carbocycles. The summed E-state index contributed by atoms with van der Waals surface area (Å²) in [7, 11) is 2.84. The molecule has 1 fully saturated rings. The molecule has 0 atom stereocenters. The molecule has 30 heavy (non-hydrogen) atoms. The van der Waals surface area contributed by atoms with Crippen molar-refractivity contribution >= 4 is 17.8 Å². The number of methoxy groups -OCH3 is 1. The number of esters is 1. The van der Waals surface area contributed by atoms with E-state index in [-0.39, 0.29) is 24.1 Å². The zero-order valence-corrected chi connectivity index (χ0v) is 17.6. The van der Waals surface area contributed by atoms with E-state index in [1.165, 1.54) is 36.6 Å². The lowest BCUT2D eigenvalue weighted by molar-refractivity contribution is -0.116. The Morgan fingerprint density at radius 3 is 2.77 bits per heavy atom. The third-order valence-corrected chi connectivity index (χ3v) is 4.95. The van der Waals surface area contributed by atoms with Crippen molar-refractivity contribution in [3.05, 3.63) is 35.7 Å². The van der Waals surface area contributed by atoms with E-state index in [9.17, 15) is 9.59 Å². The van der Waals surface area contributed by atoms with Gasteiger partial charge in [0.2, 0.25) is 11.9 Å². The first-order valence-electron chi connectivity index (χ1n) is 10.3. The van der Waals surface area contributed by atoms with Gasteiger partial charge in [-0.1, -0.05) is 18.6 Å². The Morgan fingerprint density at radius 1 is 1.20 bits per heavy atom. The fourth-order valence-corrected chi connectivity index (χ4v) is 3.39. The molecule has 1 aromatic heterocycles. The number of aryl methyl sites for hydroxylation is 1. The van der Waals surface area contributed by atoms with Crippen LogP contribution < -0.4 is 10.1 Å². The summed E-state index contributed by atoms with van der Waals surface area (Å²) in [6.45, 7) is 3.71. The predicted molar refractivity (Wildman–Crippen MR) is 111 cm³/mol. The Labute approximate surface area is 176 Å². The minimum Gasteiger partial charge on any atom is -0.494 e. The van der Waals surface area contributed by atoms with Crippen LogP contribution in [0, 0.1) is 0 Å². The summed E-state index contributed by atoms with van der Waals surface area (Å²) in [5.74, 6) is 0.0575. The van der Waals surface area contributed by atoms with Crippen molar-refractivity contribution in [3.8, 4) is 5.75 Å².